The molecule has 1 aromatic carbocycles. The maximum atomic E-state index is 11.2. The van der Waals surface area contributed by atoms with E-state index in [2.05, 4.69) is 0 Å². The normalized spacial score (nSPS) is 14.1. The zero-order chi connectivity index (χ0) is 13.0. The van der Waals surface area contributed by atoms with E-state index in [1.54, 1.807) is 0 Å². The molecule has 2 atom stereocenters. The molecule has 5 nitrogen and oxygen atoms in total. The highest BCUT2D eigenvalue weighted by atomic mass is 35.5. The Hall–Kier alpha value is -1.46. The molecule has 0 amide bonds. The molecule has 0 unspecified atom stereocenters. The molecule has 0 bridgehead atoms. The van der Waals surface area contributed by atoms with Gasteiger partial charge in [-0.3, -0.25) is 14.9 Å². The molecule has 0 saturated heterocycles. The van der Waals surface area contributed by atoms with Gasteiger partial charge in [0, 0.05) is 18.0 Å². The van der Waals surface area contributed by atoms with Crippen molar-refractivity contribution in [3.63, 3.8) is 0 Å². The smallest absolute Gasteiger partial charge is 0.269 e. The van der Waals surface area contributed by atoms with Crippen LogP contribution in [-0.2, 0) is 4.79 Å². The lowest BCUT2D eigenvalue weighted by Crippen LogP contribution is -2.21. The summed E-state index contributed by atoms with van der Waals surface area (Å²) < 4.78 is 0. The number of rotatable bonds is 5. The molecule has 0 aliphatic carbocycles. The number of ketones is 1. The molecular formula is C11H12ClNO4. The monoisotopic (exact) mass is 257 g/mol. The molecule has 1 rings (SSSR count). The summed E-state index contributed by atoms with van der Waals surface area (Å²) in [4.78, 5) is 21.3. The van der Waals surface area contributed by atoms with E-state index in [0.717, 1.165) is 0 Å². The van der Waals surface area contributed by atoms with Crippen LogP contribution in [-0.4, -0.2) is 21.7 Å². The lowest BCUT2D eigenvalue weighted by atomic mass is 9.94. The fourth-order valence-corrected chi connectivity index (χ4v) is 1.86. The van der Waals surface area contributed by atoms with Gasteiger partial charge < -0.3 is 5.11 Å². The third kappa shape index (κ3) is 3.25. The number of hydrogen-bond acceptors (Lipinski definition) is 4. The lowest BCUT2D eigenvalue weighted by Gasteiger charge is -2.18. The second kappa shape index (κ2) is 5.75. The Balaban J connectivity index is 3.02. The number of nitrogens with zero attached hydrogens (tertiary/aromatic N) is 1. The Morgan fingerprint density at radius 2 is 2.24 bits per heavy atom. The SMILES string of the molecule is CC(=O)[C@@H](CCl)[C@H](O)c1cccc([N+](=O)[O-])c1. The van der Waals surface area contributed by atoms with Crippen LogP contribution in [0.25, 0.3) is 0 Å². The number of non-ortho nitro benzene ring substituents is 1. The number of benzene rings is 1. The molecule has 92 valence electrons. The van der Waals surface area contributed by atoms with Gasteiger partial charge in [0.05, 0.1) is 16.9 Å². The van der Waals surface area contributed by atoms with E-state index in [1.807, 2.05) is 0 Å². The van der Waals surface area contributed by atoms with Gasteiger partial charge in [-0.25, -0.2) is 0 Å². The zero-order valence-corrected chi connectivity index (χ0v) is 9.92. The van der Waals surface area contributed by atoms with Crippen LogP contribution in [0.2, 0.25) is 0 Å². The summed E-state index contributed by atoms with van der Waals surface area (Å²) in [5.74, 6) is -1.03. The predicted molar refractivity (Wildman–Crippen MR) is 62.9 cm³/mol. The first-order chi connectivity index (χ1) is 7.97. The number of nitro groups is 1. The van der Waals surface area contributed by atoms with Crippen LogP contribution >= 0.6 is 11.6 Å². The van der Waals surface area contributed by atoms with Crippen molar-refractivity contribution < 1.29 is 14.8 Å². The van der Waals surface area contributed by atoms with Crippen molar-refractivity contribution in [1.29, 1.82) is 0 Å². The molecule has 1 aromatic rings. The summed E-state index contributed by atoms with van der Waals surface area (Å²) in [5.41, 5.74) is 0.193. The largest absolute Gasteiger partial charge is 0.388 e. The minimum Gasteiger partial charge on any atom is -0.388 e. The van der Waals surface area contributed by atoms with Crippen LogP contribution in [0.4, 0.5) is 5.69 Å². The maximum absolute atomic E-state index is 11.2. The van der Waals surface area contributed by atoms with Gasteiger partial charge in [0.1, 0.15) is 5.78 Å². The van der Waals surface area contributed by atoms with Crippen molar-refractivity contribution in [3.8, 4) is 0 Å². The van der Waals surface area contributed by atoms with Crippen LogP contribution in [0.3, 0.4) is 0 Å². The highest BCUT2D eigenvalue weighted by Gasteiger charge is 2.25. The first-order valence-electron chi connectivity index (χ1n) is 4.96. The number of alkyl halides is 1. The average Bonchev–Trinajstić information content (AvgIpc) is 2.29. The molecule has 0 aliphatic heterocycles. The fraction of sp³-hybridized carbons (Fsp3) is 0.364. The maximum Gasteiger partial charge on any atom is 0.269 e. The highest BCUT2D eigenvalue weighted by molar-refractivity contribution is 6.19. The van der Waals surface area contributed by atoms with Gasteiger partial charge in [0.25, 0.3) is 5.69 Å². The summed E-state index contributed by atoms with van der Waals surface area (Å²) in [6.45, 7) is 1.33. The van der Waals surface area contributed by atoms with Crippen molar-refractivity contribution in [2.24, 2.45) is 5.92 Å². The van der Waals surface area contributed by atoms with Crippen LogP contribution in [0.15, 0.2) is 24.3 Å². The van der Waals surface area contributed by atoms with Gasteiger partial charge >= 0.3 is 0 Å². The molecule has 0 fully saturated rings. The third-order valence-corrected chi connectivity index (χ3v) is 2.82. The number of carbonyl (C=O) groups is 1. The molecule has 0 saturated carbocycles. The Labute approximate surface area is 103 Å². The lowest BCUT2D eigenvalue weighted by molar-refractivity contribution is -0.385. The first-order valence-corrected chi connectivity index (χ1v) is 5.49. The molecule has 0 radical (unpaired) electrons. The van der Waals surface area contributed by atoms with E-state index in [1.165, 1.54) is 31.2 Å². The molecule has 0 spiro atoms. The summed E-state index contributed by atoms with van der Waals surface area (Å²) in [6, 6.07) is 5.55. The van der Waals surface area contributed by atoms with Crippen LogP contribution in [0.1, 0.15) is 18.6 Å². The Morgan fingerprint density at radius 1 is 1.59 bits per heavy atom. The van der Waals surface area contributed by atoms with Gasteiger partial charge in [-0.2, -0.15) is 0 Å². The molecule has 17 heavy (non-hydrogen) atoms. The number of nitro benzene ring substituents is 1. The standard InChI is InChI=1S/C11H12ClNO4/c1-7(14)10(6-12)11(15)8-3-2-4-9(5-8)13(16)17/h2-5,10-11,15H,6H2,1H3/t10-,11-/m1/s1. The summed E-state index contributed by atoms with van der Waals surface area (Å²) >= 11 is 5.59. The Kier molecular flexibility index (Phi) is 4.60. The predicted octanol–water partition coefficient (Wildman–Crippen LogP) is 2.07. The van der Waals surface area contributed by atoms with Gasteiger partial charge in [0.2, 0.25) is 0 Å². The van der Waals surface area contributed by atoms with Crippen LogP contribution < -0.4 is 0 Å². The molecule has 0 heterocycles. The first kappa shape index (κ1) is 13.6. The van der Waals surface area contributed by atoms with Crippen molar-refractivity contribution in [2.75, 3.05) is 5.88 Å². The van der Waals surface area contributed by atoms with E-state index in [-0.39, 0.29) is 17.4 Å². The van der Waals surface area contributed by atoms with Crippen LogP contribution in [0.5, 0.6) is 0 Å². The van der Waals surface area contributed by atoms with Gasteiger partial charge in [-0.05, 0) is 12.5 Å². The minimum absolute atomic E-state index is 0.0286. The number of halogens is 1. The van der Waals surface area contributed by atoms with Crippen molar-refractivity contribution in [3.05, 3.63) is 39.9 Å². The Bertz CT molecular complexity index is 435. The number of hydrogen-bond donors (Lipinski definition) is 1. The topological polar surface area (TPSA) is 80.4 Å². The molecular weight excluding hydrogens is 246 g/mol. The number of aliphatic hydroxyl groups excluding tert-OH is 1. The minimum atomic E-state index is -1.12. The summed E-state index contributed by atoms with van der Waals surface area (Å²) in [5, 5.41) is 20.5. The van der Waals surface area contributed by atoms with Crippen LogP contribution in [0, 0.1) is 16.0 Å². The number of Topliss-reactive ketones (excluding diaryl/α,β-unsaturated/α-hetero) is 1. The number of carbonyl (C=O) groups excluding carboxylic acids is 1. The molecule has 1 N–H and O–H groups in total. The molecule has 0 aliphatic rings. The van der Waals surface area contributed by atoms with Crippen molar-refractivity contribution >= 4 is 23.1 Å². The van der Waals surface area contributed by atoms with Gasteiger partial charge in [-0.15, -0.1) is 11.6 Å². The van der Waals surface area contributed by atoms with Gasteiger partial charge in [0.15, 0.2) is 0 Å². The second-order valence-electron chi connectivity index (χ2n) is 3.67. The molecule has 0 aromatic heterocycles. The highest BCUT2D eigenvalue weighted by Crippen LogP contribution is 2.26. The Morgan fingerprint density at radius 3 is 2.71 bits per heavy atom. The third-order valence-electron chi connectivity index (χ3n) is 2.49. The van der Waals surface area contributed by atoms with E-state index in [0.29, 0.717) is 5.56 Å². The quantitative estimate of drug-likeness (QED) is 0.497. The zero-order valence-electron chi connectivity index (χ0n) is 9.17. The van der Waals surface area contributed by atoms with Crippen molar-refractivity contribution in [1.82, 2.24) is 0 Å². The van der Waals surface area contributed by atoms with E-state index < -0.39 is 16.9 Å². The summed E-state index contributed by atoms with van der Waals surface area (Å²) in [6.07, 6.45) is -1.12. The number of aliphatic hydroxyl groups is 1. The summed E-state index contributed by atoms with van der Waals surface area (Å²) in [7, 11) is 0. The van der Waals surface area contributed by atoms with Crippen molar-refractivity contribution in [2.45, 2.75) is 13.0 Å². The van der Waals surface area contributed by atoms with E-state index >= 15 is 0 Å². The second-order valence-corrected chi connectivity index (χ2v) is 3.98. The van der Waals surface area contributed by atoms with Gasteiger partial charge in [-0.1, -0.05) is 12.1 Å². The molecule has 6 heteroatoms. The van der Waals surface area contributed by atoms with E-state index in [4.69, 9.17) is 11.6 Å². The fourth-order valence-electron chi connectivity index (χ4n) is 1.47. The van der Waals surface area contributed by atoms with E-state index in [9.17, 15) is 20.0 Å². The average molecular weight is 258 g/mol.